The van der Waals surface area contributed by atoms with Gasteiger partial charge in [0, 0.05) is 27.6 Å². The zero-order chi connectivity index (χ0) is 19.1. The van der Waals surface area contributed by atoms with Gasteiger partial charge in [-0.05, 0) is 28.4 Å². The van der Waals surface area contributed by atoms with Gasteiger partial charge in [-0.15, -0.1) is 0 Å². The number of carboxylic acid groups (broad SMARTS) is 1. The molecule has 3 rings (SSSR count). The Kier molecular flexibility index (Phi) is 5.19. The highest BCUT2D eigenvalue weighted by Crippen LogP contribution is 2.50. The quantitative estimate of drug-likeness (QED) is 0.560. The molecule has 1 unspecified atom stereocenters. The molecule has 0 saturated heterocycles. The lowest BCUT2D eigenvalue weighted by atomic mass is 9.86. The van der Waals surface area contributed by atoms with Crippen LogP contribution in [0.15, 0.2) is 45.2 Å². The number of allylic oxidation sites excluding steroid dienone is 2. The van der Waals surface area contributed by atoms with Crippen LogP contribution >= 0.6 is 43.9 Å². The molecule has 0 aromatic heterocycles. The molecule has 138 valence electrons. The first-order valence-corrected chi connectivity index (χ1v) is 10.1. The monoisotopic (exact) mass is 517 g/mol. The maximum atomic E-state index is 13.9. The van der Waals surface area contributed by atoms with Crippen molar-refractivity contribution in [2.24, 2.45) is 5.16 Å². The predicted octanol–water partition coefficient (Wildman–Crippen LogP) is 5.21. The Morgan fingerprint density at radius 2 is 1.88 bits per heavy atom. The number of alkyl halides is 3. The number of carboxylic acids is 1. The molecule has 4 nitrogen and oxygen atoms in total. The Morgan fingerprint density at radius 1 is 1.23 bits per heavy atom. The molecule has 0 fully saturated rings. The van der Waals surface area contributed by atoms with Crippen molar-refractivity contribution in [3.8, 4) is 0 Å². The molecule has 0 spiro atoms. The number of nitrogens with zero attached hydrogens (tertiary/aromatic N) is 1. The van der Waals surface area contributed by atoms with Gasteiger partial charge in [0.25, 0.3) is 5.60 Å². The van der Waals surface area contributed by atoms with Gasteiger partial charge in [0.1, 0.15) is 0 Å². The average molecular weight is 518 g/mol. The second-order valence-electron chi connectivity index (χ2n) is 5.45. The minimum atomic E-state index is -4.77. The highest BCUT2D eigenvalue weighted by molar-refractivity contribution is 14.2. The fourth-order valence-electron chi connectivity index (χ4n) is 2.48. The highest BCUT2D eigenvalue weighted by Gasteiger charge is 2.62. The van der Waals surface area contributed by atoms with Gasteiger partial charge in [-0.3, -0.25) is 0 Å². The first kappa shape index (κ1) is 19.4. The molecule has 0 amide bonds. The number of rotatable bonds is 3. The molecule has 26 heavy (non-hydrogen) atoms. The van der Waals surface area contributed by atoms with Crippen molar-refractivity contribution in [3.05, 3.63) is 55.6 Å². The molecule has 1 aromatic carbocycles. The average Bonchev–Trinajstić information content (AvgIpc) is 3.00. The Balaban J connectivity index is 1.97. The number of hydrogen-bond donors (Lipinski definition) is 1. The predicted molar refractivity (Wildman–Crippen MR) is 101 cm³/mol. The summed E-state index contributed by atoms with van der Waals surface area (Å²) in [7, 11) is 0. The van der Waals surface area contributed by atoms with Gasteiger partial charge in [0.2, 0.25) is 0 Å². The van der Waals surface area contributed by atoms with Crippen LogP contribution in [0, 0.1) is 0 Å². The minimum Gasteiger partial charge on any atom is -0.477 e. The van der Waals surface area contributed by atoms with Crippen molar-refractivity contribution < 1.29 is 27.9 Å². The second kappa shape index (κ2) is 6.97. The Morgan fingerprint density at radius 3 is 2.38 bits per heavy atom. The van der Waals surface area contributed by atoms with Gasteiger partial charge in [-0.2, -0.15) is 13.2 Å². The van der Waals surface area contributed by atoms with Crippen LogP contribution < -0.4 is 0 Å². The van der Waals surface area contributed by atoms with E-state index in [1.54, 1.807) is 4.08 Å². The van der Waals surface area contributed by atoms with Crippen molar-refractivity contribution in [2.75, 3.05) is 0 Å². The number of carbonyl (C=O) groups is 1. The fraction of sp³-hybridized carbons (Fsp3) is 0.188. The lowest BCUT2D eigenvalue weighted by molar-refractivity contribution is -0.275. The van der Waals surface area contributed by atoms with Crippen LogP contribution in [0.5, 0.6) is 0 Å². The topological polar surface area (TPSA) is 58.9 Å². The van der Waals surface area contributed by atoms with Gasteiger partial charge in [0.15, 0.2) is 0 Å². The Hall–Kier alpha value is -1.39. The van der Waals surface area contributed by atoms with E-state index >= 15 is 0 Å². The number of halogens is 6. The van der Waals surface area contributed by atoms with Crippen molar-refractivity contribution in [1.82, 2.24) is 0 Å². The molecular weight excluding hydrogens is 509 g/mol. The van der Waals surface area contributed by atoms with Crippen molar-refractivity contribution in [1.29, 1.82) is 0 Å². The highest BCUT2D eigenvalue weighted by atomic mass is 127. The summed E-state index contributed by atoms with van der Waals surface area (Å²) >= 11 is 10.7. The normalized spacial score (nSPS) is 22.7. The van der Waals surface area contributed by atoms with E-state index in [4.69, 9.17) is 33.1 Å². The molecule has 10 heteroatoms. The van der Waals surface area contributed by atoms with E-state index in [-0.39, 0.29) is 24.8 Å². The second-order valence-corrected chi connectivity index (χ2v) is 8.73. The van der Waals surface area contributed by atoms with Crippen LogP contribution in [0.1, 0.15) is 12.0 Å². The molecule has 1 aromatic rings. The lowest BCUT2D eigenvalue weighted by Crippen LogP contribution is -2.42. The summed E-state index contributed by atoms with van der Waals surface area (Å²) < 4.78 is 43.5. The molecular formula is C16H9Cl2F3INO3. The van der Waals surface area contributed by atoms with Gasteiger partial charge in [0.05, 0.1) is 9.22 Å². The maximum Gasteiger partial charge on any atom is 0.435 e. The Bertz CT molecular complexity index is 888. The molecule has 1 atom stereocenters. The summed E-state index contributed by atoms with van der Waals surface area (Å²) in [5, 5.41) is 12.7. The Labute approximate surface area is 165 Å². The third kappa shape index (κ3) is 3.54. The SMILES string of the molecule is O=C(O)C1=IC=C(C2=NOC(c3cc(Cl)cc(Cl)c3)(C(F)(F)F)C2)C=C1. The number of benzene rings is 1. The molecule has 0 radical (unpaired) electrons. The third-order valence-electron chi connectivity index (χ3n) is 3.75. The zero-order valence-corrected chi connectivity index (χ0v) is 16.3. The molecule has 0 saturated carbocycles. The summed E-state index contributed by atoms with van der Waals surface area (Å²) in [4.78, 5) is 15.8. The van der Waals surface area contributed by atoms with Crippen LogP contribution in [-0.4, -0.2) is 26.5 Å². The van der Waals surface area contributed by atoms with E-state index in [0.29, 0.717) is 5.57 Å². The van der Waals surface area contributed by atoms with E-state index < -0.39 is 44.9 Å². The van der Waals surface area contributed by atoms with Crippen molar-refractivity contribution in [3.63, 3.8) is 0 Å². The van der Waals surface area contributed by atoms with Gasteiger partial charge >= 0.3 is 12.1 Å². The number of hydrogen-bond acceptors (Lipinski definition) is 3. The summed E-state index contributed by atoms with van der Waals surface area (Å²) in [5.41, 5.74) is -2.41. The van der Waals surface area contributed by atoms with Crippen LogP contribution in [0.25, 0.3) is 0 Å². The molecule has 2 heterocycles. The standard InChI is InChI=1S/C16H9Cl2F3INO3/c17-10-3-9(4-11(18)5-10)15(16(19,20)21)6-13(23-26-15)8-1-2-12(14(24)25)22-7-8/h1-5,7H,6H2,(H,24,25). The van der Waals surface area contributed by atoms with E-state index in [2.05, 4.69) is 5.16 Å². The van der Waals surface area contributed by atoms with E-state index in [9.17, 15) is 18.0 Å². The zero-order valence-electron chi connectivity index (χ0n) is 12.6. The van der Waals surface area contributed by atoms with E-state index in [1.807, 2.05) is 0 Å². The largest absolute Gasteiger partial charge is 0.477 e. The number of oxime groups is 1. The van der Waals surface area contributed by atoms with Gasteiger partial charge in [-0.1, -0.05) is 55.2 Å². The third-order valence-corrected chi connectivity index (χ3v) is 6.66. The maximum absolute atomic E-state index is 13.9. The van der Waals surface area contributed by atoms with Gasteiger partial charge in [-0.25, -0.2) is 4.79 Å². The number of aliphatic carboxylic acids is 1. The first-order valence-electron chi connectivity index (χ1n) is 7.03. The van der Waals surface area contributed by atoms with Crippen LogP contribution in [0.4, 0.5) is 13.2 Å². The summed E-state index contributed by atoms with van der Waals surface area (Å²) in [6.45, 7) is 0. The molecule has 2 aliphatic heterocycles. The summed E-state index contributed by atoms with van der Waals surface area (Å²) in [6, 6.07) is 3.62. The van der Waals surface area contributed by atoms with Crippen LogP contribution in [-0.2, 0) is 15.2 Å². The molecule has 0 aliphatic carbocycles. The smallest absolute Gasteiger partial charge is 0.435 e. The van der Waals surface area contributed by atoms with Crippen LogP contribution in [0.3, 0.4) is 0 Å². The summed E-state index contributed by atoms with van der Waals surface area (Å²) in [5.74, 6) is -1.04. The first-order chi connectivity index (χ1) is 12.1. The lowest BCUT2D eigenvalue weighted by Gasteiger charge is -2.29. The molecule has 2 aliphatic rings. The van der Waals surface area contributed by atoms with E-state index in [1.165, 1.54) is 18.2 Å². The van der Waals surface area contributed by atoms with Crippen molar-refractivity contribution in [2.45, 2.75) is 18.2 Å². The van der Waals surface area contributed by atoms with Gasteiger partial charge < -0.3 is 9.94 Å². The van der Waals surface area contributed by atoms with Crippen molar-refractivity contribution >= 4 is 59.1 Å². The molecule has 1 N–H and O–H groups in total. The van der Waals surface area contributed by atoms with E-state index in [0.717, 1.165) is 12.1 Å². The molecule has 0 bridgehead atoms. The fourth-order valence-corrected chi connectivity index (χ4v) is 4.89. The summed E-state index contributed by atoms with van der Waals surface area (Å²) in [6.07, 6.45) is -2.50. The van der Waals surface area contributed by atoms with Crippen LogP contribution in [0.2, 0.25) is 10.0 Å². The minimum absolute atomic E-state index is 0.0523.